The number of rotatable bonds is 6. The minimum atomic E-state index is -1.08. The van der Waals surface area contributed by atoms with Gasteiger partial charge in [-0.25, -0.2) is 4.79 Å². The third-order valence-corrected chi connectivity index (χ3v) is 3.72. The van der Waals surface area contributed by atoms with E-state index in [1.807, 2.05) is 0 Å². The Labute approximate surface area is 145 Å². The van der Waals surface area contributed by atoms with Crippen molar-refractivity contribution in [2.24, 2.45) is 5.92 Å². The SMILES string of the molecule is Cc1ccc(C(=O)O)cc1NC(=O)C(NC(=O)c1ccco1)C(C)C. The van der Waals surface area contributed by atoms with Gasteiger partial charge in [0.1, 0.15) is 6.04 Å². The Hall–Kier alpha value is -3.09. The van der Waals surface area contributed by atoms with E-state index in [1.165, 1.54) is 24.5 Å². The van der Waals surface area contributed by atoms with Crippen LogP contribution >= 0.6 is 0 Å². The van der Waals surface area contributed by atoms with E-state index in [2.05, 4.69) is 10.6 Å². The van der Waals surface area contributed by atoms with Crippen LogP contribution in [0.5, 0.6) is 0 Å². The van der Waals surface area contributed by atoms with Crippen LogP contribution in [-0.4, -0.2) is 28.9 Å². The predicted octanol–water partition coefficient (Wildman–Crippen LogP) is 2.68. The number of hydrogen-bond donors (Lipinski definition) is 3. The number of carbonyl (C=O) groups excluding carboxylic acids is 2. The molecule has 0 fully saturated rings. The maximum atomic E-state index is 12.6. The number of nitrogens with one attached hydrogen (secondary N) is 2. The average molecular weight is 344 g/mol. The third kappa shape index (κ3) is 4.47. The van der Waals surface area contributed by atoms with Crippen LogP contribution in [-0.2, 0) is 4.79 Å². The molecule has 7 nitrogen and oxygen atoms in total. The Bertz CT molecular complexity index is 781. The molecule has 1 aromatic carbocycles. The van der Waals surface area contributed by atoms with E-state index in [9.17, 15) is 14.4 Å². The Kier molecular flexibility index (Phi) is 5.59. The predicted molar refractivity (Wildman–Crippen MR) is 91.6 cm³/mol. The molecule has 0 saturated heterocycles. The normalized spacial score (nSPS) is 11.8. The number of amides is 2. The van der Waals surface area contributed by atoms with Gasteiger partial charge in [-0.2, -0.15) is 0 Å². The lowest BCUT2D eigenvalue weighted by molar-refractivity contribution is -0.118. The summed E-state index contributed by atoms with van der Waals surface area (Å²) in [5.41, 5.74) is 1.18. The number of aryl methyl sites for hydroxylation is 1. The summed E-state index contributed by atoms with van der Waals surface area (Å²) in [4.78, 5) is 35.8. The molecule has 2 amide bonds. The summed E-state index contributed by atoms with van der Waals surface area (Å²) in [7, 11) is 0. The molecule has 0 radical (unpaired) electrons. The van der Waals surface area contributed by atoms with Crippen molar-refractivity contribution in [3.8, 4) is 0 Å². The number of carboxylic acids is 1. The second-order valence-electron chi connectivity index (χ2n) is 6.00. The molecular formula is C18H20N2O5. The molecule has 1 unspecified atom stereocenters. The second-order valence-corrected chi connectivity index (χ2v) is 6.00. The Morgan fingerprint density at radius 2 is 1.88 bits per heavy atom. The van der Waals surface area contributed by atoms with Crippen LogP contribution in [0, 0.1) is 12.8 Å². The average Bonchev–Trinajstić information content (AvgIpc) is 3.08. The van der Waals surface area contributed by atoms with Gasteiger partial charge in [0.2, 0.25) is 5.91 Å². The van der Waals surface area contributed by atoms with Crippen LogP contribution in [0.25, 0.3) is 0 Å². The molecule has 0 saturated carbocycles. The summed E-state index contributed by atoms with van der Waals surface area (Å²) < 4.78 is 5.03. The van der Waals surface area contributed by atoms with Crippen LogP contribution in [0.1, 0.15) is 40.3 Å². The van der Waals surface area contributed by atoms with E-state index in [4.69, 9.17) is 9.52 Å². The quantitative estimate of drug-likeness (QED) is 0.746. The standard InChI is InChI=1S/C18H20N2O5/c1-10(2)15(20-16(21)14-5-4-8-25-14)17(22)19-13-9-12(18(23)24)7-6-11(13)3/h4-10,15H,1-3H3,(H,19,22)(H,20,21)(H,23,24). The number of furan rings is 1. The molecule has 7 heteroatoms. The van der Waals surface area contributed by atoms with Crippen LogP contribution in [0.2, 0.25) is 0 Å². The van der Waals surface area contributed by atoms with Gasteiger partial charge in [0.05, 0.1) is 11.8 Å². The molecule has 0 aliphatic rings. The van der Waals surface area contributed by atoms with Crippen molar-refractivity contribution in [2.45, 2.75) is 26.8 Å². The van der Waals surface area contributed by atoms with Crippen molar-refractivity contribution >= 4 is 23.5 Å². The second kappa shape index (κ2) is 7.65. The third-order valence-electron chi connectivity index (χ3n) is 3.72. The van der Waals surface area contributed by atoms with Crippen molar-refractivity contribution in [3.63, 3.8) is 0 Å². The van der Waals surface area contributed by atoms with Gasteiger partial charge in [-0.3, -0.25) is 9.59 Å². The molecule has 3 N–H and O–H groups in total. The number of carbonyl (C=O) groups is 3. The molecule has 1 heterocycles. The van der Waals surface area contributed by atoms with Gasteiger partial charge in [0.15, 0.2) is 5.76 Å². The minimum Gasteiger partial charge on any atom is -0.478 e. The zero-order valence-electron chi connectivity index (χ0n) is 14.2. The Morgan fingerprint density at radius 1 is 1.16 bits per heavy atom. The highest BCUT2D eigenvalue weighted by atomic mass is 16.4. The molecule has 0 spiro atoms. The number of benzene rings is 1. The van der Waals surface area contributed by atoms with Crippen LogP contribution in [0.4, 0.5) is 5.69 Å². The van der Waals surface area contributed by atoms with Gasteiger partial charge in [-0.05, 0) is 42.7 Å². The van der Waals surface area contributed by atoms with Crippen molar-refractivity contribution in [1.29, 1.82) is 0 Å². The molecule has 25 heavy (non-hydrogen) atoms. The highest BCUT2D eigenvalue weighted by Crippen LogP contribution is 2.18. The Balaban J connectivity index is 2.17. The van der Waals surface area contributed by atoms with E-state index >= 15 is 0 Å². The minimum absolute atomic E-state index is 0.0709. The summed E-state index contributed by atoms with van der Waals surface area (Å²) in [6, 6.07) is 6.76. The molecule has 0 bridgehead atoms. The van der Waals surface area contributed by atoms with Crippen LogP contribution in [0.3, 0.4) is 0 Å². The zero-order chi connectivity index (χ0) is 18.6. The fourth-order valence-electron chi connectivity index (χ4n) is 2.26. The first kappa shape index (κ1) is 18.3. The molecule has 1 atom stereocenters. The highest BCUT2D eigenvalue weighted by molar-refractivity contribution is 6.01. The zero-order valence-corrected chi connectivity index (χ0v) is 14.2. The topological polar surface area (TPSA) is 109 Å². The van der Waals surface area contributed by atoms with Crippen molar-refractivity contribution in [3.05, 3.63) is 53.5 Å². The van der Waals surface area contributed by atoms with Gasteiger partial charge >= 0.3 is 5.97 Å². The van der Waals surface area contributed by atoms with E-state index in [0.717, 1.165) is 5.56 Å². The van der Waals surface area contributed by atoms with Crippen LogP contribution in [0.15, 0.2) is 41.0 Å². The lowest BCUT2D eigenvalue weighted by atomic mass is 10.0. The van der Waals surface area contributed by atoms with Crippen molar-refractivity contribution in [2.75, 3.05) is 5.32 Å². The van der Waals surface area contributed by atoms with Gasteiger partial charge in [-0.1, -0.05) is 19.9 Å². The maximum absolute atomic E-state index is 12.6. The molecular weight excluding hydrogens is 324 g/mol. The first-order valence-corrected chi connectivity index (χ1v) is 7.78. The summed E-state index contributed by atoms with van der Waals surface area (Å²) in [6.45, 7) is 5.35. The first-order chi connectivity index (χ1) is 11.8. The van der Waals surface area contributed by atoms with Gasteiger partial charge in [-0.15, -0.1) is 0 Å². The molecule has 132 valence electrons. The lowest BCUT2D eigenvalue weighted by Crippen LogP contribution is -2.47. The number of anilines is 1. The van der Waals surface area contributed by atoms with Gasteiger partial charge < -0.3 is 20.2 Å². The molecule has 0 aliphatic heterocycles. The number of hydrogen-bond acceptors (Lipinski definition) is 4. The van der Waals surface area contributed by atoms with Gasteiger partial charge in [0, 0.05) is 5.69 Å². The lowest BCUT2D eigenvalue weighted by Gasteiger charge is -2.22. The highest BCUT2D eigenvalue weighted by Gasteiger charge is 2.26. The van der Waals surface area contributed by atoms with E-state index in [0.29, 0.717) is 5.69 Å². The number of aromatic carboxylic acids is 1. The molecule has 2 rings (SSSR count). The van der Waals surface area contributed by atoms with E-state index in [-0.39, 0.29) is 17.2 Å². The van der Waals surface area contributed by atoms with E-state index in [1.54, 1.807) is 32.9 Å². The molecule has 0 aliphatic carbocycles. The smallest absolute Gasteiger partial charge is 0.335 e. The summed E-state index contributed by atoms with van der Waals surface area (Å²) in [5.74, 6) is -2.07. The fraction of sp³-hybridized carbons (Fsp3) is 0.278. The molecule has 2 aromatic rings. The summed E-state index contributed by atoms with van der Waals surface area (Å²) in [6.07, 6.45) is 1.38. The van der Waals surface area contributed by atoms with Crippen molar-refractivity contribution < 1.29 is 23.9 Å². The largest absolute Gasteiger partial charge is 0.478 e. The van der Waals surface area contributed by atoms with Gasteiger partial charge in [0.25, 0.3) is 5.91 Å². The fourth-order valence-corrected chi connectivity index (χ4v) is 2.26. The maximum Gasteiger partial charge on any atom is 0.335 e. The summed E-state index contributed by atoms with van der Waals surface area (Å²) in [5, 5.41) is 14.4. The number of carboxylic acid groups (broad SMARTS) is 1. The first-order valence-electron chi connectivity index (χ1n) is 7.78. The van der Waals surface area contributed by atoms with Crippen molar-refractivity contribution in [1.82, 2.24) is 5.32 Å². The van der Waals surface area contributed by atoms with E-state index < -0.39 is 23.8 Å². The summed E-state index contributed by atoms with van der Waals surface area (Å²) >= 11 is 0. The van der Waals surface area contributed by atoms with Crippen LogP contribution < -0.4 is 10.6 Å². The monoisotopic (exact) mass is 344 g/mol. The Morgan fingerprint density at radius 3 is 2.44 bits per heavy atom. The molecule has 1 aromatic heterocycles.